The molecular weight excluding hydrogens is 265 g/mol. The topological polar surface area (TPSA) is 46.2 Å². The van der Waals surface area contributed by atoms with Crippen LogP contribution in [0.3, 0.4) is 0 Å². The normalized spacial score (nSPS) is 13.4. The van der Waals surface area contributed by atoms with Crippen LogP contribution in [0.15, 0.2) is 29.2 Å². The van der Waals surface area contributed by atoms with Crippen molar-refractivity contribution >= 4 is 10.0 Å². The molecule has 0 bridgehead atoms. The predicted molar refractivity (Wildman–Crippen MR) is 74.9 cm³/mol. The molecule has 108 valence electrons. The fourth-order valence-corrected chi connectivity index (χ4v) is 3.16. The third-order valence-electron chi connectivity index (χ3n) is 2.97. The molecule has 0 aliphatic heterocycles. The summed E-state index contributed by atoms with van der Waals surface area (Å²) in [6.07, 6.45) is 5.30. The monoisotopic (exact) mass is 287 g/mol. The highest BCUT2D eigenvalue weighted by Crippen LogP contribution is 2.12. The van der Waals surface area contributed by atoms with Crippen LogP contribution in [0, 0.1) is 5.82 Å². The lowest BCUT2D eigenvalue weighted by molar-refractivity contribution is 0.521. The molecule has 0 aliphatic rings. The molecule has 1 atom stereocenters. The van der Waals surface area contributed by atoms with E-state index in [1.54, 1.807) is 0 Å². The summed E-state index contributed by atoms with van der Waals surface area (Å²) in [5.41, 5.74) is 0. The molecule has 1 aromatic rings. The molecule has 3 nitrogen and oxygen atoms in total. The van der Waals surface area contributed by atoms with Crippen molar-refractivity contribution in [3.05, 3.63) is 30.1 Å². The maximum absolute atomic E-state index is 12.8. The number of unbranched alkanes of at least 4 members (excludes halogenated alkanes) is 3. The van der Waals surface area contributed by atoms with Crippen molar-refractivity contribution in [3.8, 4) is 0 Å². The molecule has 0 saturated heterocycles. The molecule has 0 spiro atoms. The first kappa shape index (κ1) is 16.1. The zero-order chi connectivity index (χ0) is 14.3. The van der Waals surface area contributed by atoms with E-state index >= 15 is 0 Å². The molecule has 19 heavy (non-hydrogen) atoms. The van der Waals surface area contributed by atoms with Gasteiger partial charge >= 0.3 is 0 Å². The summed E-state index contributed by atoms with van der Waals surface area (Å²) in [7, 11) is -3.54. The van der Waals surface area contributed by atoms with Crippen LogP contribution in [-0.4, -0.2) is 14.5 Å². The van der Waals surface area contributed by atoms with Gasteiger partial charge in [-0.3, -0.25) is 0 Å². The molecule has 0 saturated carbocycles. The third kappa shape index (κ3) is 5.70. The Morgan fingerprint density at radius 2 is 1.79 bits per heavy atom. The first-order valence-electron chi connectivity index (χ1n) is 6.73. The van der Waals surface area contributed by atoms with Gasteiger partial charge < -0.3 is 0 Å². The minimum Gasteiger partial charge on any atom is -0.208 e. The first-order valence-corrected chi connectivity index (χ1v) is 8.22. The average Bonchev–Trinajstić information content (AvgIpc) is 2.34. The Hall–Kier alpha value is -0.940. The molecule has 1 rings (SSSR count). The van der Waals surface area contributed by atoms with Gasteiger partial charge in [-0.1, -0.05) is 32.6 Å². The first-order chi connectivity index (χ1) is 8.95. The highest BCUT2D eigenvalue weighted by atomic mass is 32.2. The van der Waals surface area contributed by atoms with Crippen molar-refractivity contribution in [1.82, 2.24) is 4.72 Å². The largest absolute Gasteiger partial charge is 0.240 e. The maximum atomic E-state index is 12.8. The van der Waals surface area contributed by atoms with Crippen LogP contribution in [0.25, 0.3) is 0 Å². The second kappa shape index (κ2) is 7.60. The smallest absolute Gasteiger partial charge is 0.208 e. The Morgan fingerprint density at radius 1 is 1.16 bits per heavy atom. The Labute approximate surface area is 115 Å². The molecule has 0 radical (unpaired) electrons. The lowest BCUT2D eigenvalue weighted by Gasteiger charge is -2.14. The molecule has 0 fully saturated rings. The summed E-state index contributed by atoms with van der Waals surface area (Å²) < 4.78 is 39.4. The Morgan fingerprint density at radius 3 is 2.37 bits per heavy atom. The van der Waals surface area contributed by atoms with E-state index in [4.69, 9.17) is 0 Å². The molecule has 1 N–H and O–H groups in total. The summed E-state index contributed by atoms with van der Waals surface area (Å²) in [6.45, 7) is 3.99. The molecule has 0 heterocycles. The number of sulfonamides is 1. The highest BCUT2D eigenvalue weighted by Gasteiger charge is 2.16. The number of hydrogen-bond donors (Lipinski definition) is 1. The van der Waals surface area contributed by atoms with E-state index in [2.05, 4.69) is 11.6 Å². The zero-order valence-electron chi connectivity index (χ0n) is 11.5. The van der Waals surface area contributed by atoms with Crippen LogP contribution >= 0.6 is 0 Å². The lowest BCUT2D eigenvalue weighted by Crippen LogP contribution is -2.32. The van der Waals surface area contributed by atoms with Gasteiger partial charge in [0.05, 0.1) is 4.90 Å². The summed E-state index contributed by atoms with van der Waals surface area (Å²) in [4.78, 5) is 0.106. The minimum absolute atomic E-state index is 0.105. The van der Waals surface area contributed by atoms with Gasteiger partial charge in [0.15, 0.2) is 0 Å². The molecule has 0 amide bonds. The molecule has 1 aromatic carbocycles. The molecule has 0 aliphatic carbocycles. The summed E-state index contributed by atoms with van der Waals surface area (Å²) in [6, 6.07) is 4.76. The Kier molecular flexibility index (Phi) is 6.45. The van der Waals surface area contributed by atoms with Gasteiger partial charge in [-0.2, -0.15) is 0 Å². The number of rotatable bonds is 8. The van der Waals surface area contributed by atoms with Crippen molar-refractivity contribution in [1.29, 1.82) is 0 Å². The van der Waals surface area contributed by atoms with Crippen LogP contribution in [-0.2, 0) is 10.0 Å². The zero-order valence-corrected chi connectivity index (χ0v) is 12.3. The van der Waals surface area contributed by atoms with Gasteiger partial charge in [-0.25, -0.2) is 17.5 Å². The average molecular weight is 287 g/mol. The van der Waals surface area contributed by atoms with Gasteiger partial charge in [0, 0.05) is 6.04 Å². The van der Waals surface area contributed by atoms with E-state index < -0.39 is 15.8 Å². The van der Waals surface area contributed by atoms with Crippen LogP contribution in [0.4, 0.5) is 4.39 Å². The Bertz CT molecular complexity index is 471. The fourth-order valence-electron chi connectivity index (χ4n) is 1.88. The van der Waals surface area contributed by atoms with Crippen LogP contribution in [0.1, 0.15) is 46.0 Å². The fraction of sp³-hybridized carbons (Fsp3) is 0.571. The van der Waals surface area contributed by atoms with Gasteiger partial charge in [0.2, 0.25) is 10.0 Å². The van der Waals surface area contributed by atoms with Crippen molar-refractivity contribution in [2.24, 2.45) is 0 Å². The summed E-state index contributed by atoms with van der Waals surface area (Å²) >= 11 is 0. The van der Waals surface area contributed by atoms with E-state index in [0.717, 1.165) is 37.8 Å². The second-order valence-electron chi connectivity index (χ2n) is 4.83. The number of benzene rings is 1. The maximum Gasteiger partial charge on any atom is 0.240 e. The van der Waals surface area contributed by atoms with Crippen molar-refractivity contribution < 1.29 is 12.8 Å². The third-order valence-corrected chi connectivity index (χ3v) is 4.58. The number of hydrogen-bond acceptors (Lipinski definition) is 2. The highest BCUT2D eigenvalue weighted by molar-refractivity contribution is 7.89. The lowest BCUT2D eigenvalue weighted by atomic mass is 10.1. The standard InChI is InChI=1S/C14H22FNO2S/c1-3-4-5-6-7-12(2)16-19(17,18)14-10-8-13(15)9-11-14/h8-12,16H,3-7H2,1-2H3. The molecule has 1 unspecified atom stereocenters. The molecule has 5 heteroatoms. The summed E-state index contributed by atoms with van der Waals surface area (Å²) in [5.74, 6) is -0.438. The van der Waals surface area contributed by atoms with E-state index in [1.807, 2.05) is 6.92 Å². The van der Waals surface area contributed by atoms with Crippen molar-refractivity contribution in [2.45, 2.75) is 56.9 Å². The van der Waals surface area contributed by atoms with Crippen molar-refractivity contribution in [2.75, 3.05) is 0 Å². The minimum atomic E-state index is -3.54. The van der Waals surface area contributed by atoms with E-state index in [-0.39, 0.29) is 10.9 Å². The van der Waals surface area contributed by atoms with Crippen LogP contribution in [0.2, 0.25) is 0 Å². The quantitative estimate of drug-likeness (QED) is 0.744. The number of halogens is 1. The van der Waals surface area contributed by atoms with Gasteiger partial charge in [-0.15, -0.1) is 0 Å². The van der Waals surface area contributed by atoms with Crippen LogP contribution < -0.4 is 4.72 Å². The van der Waals surface area contributed by atoms with Crippen LogP contribution in [0.5, 0.6) is 0 Å². The Balaban J connectivity index is 2.52. The number of nitrogens with one attached hydrogen (secondary N) is 1. The van der Waals surface area contributed by atoms with Gasteiger partial charge in [0.25, 0.3) is 0 Å². The second-order valence-corrected chi connectivity index (χ2v) is 6.54. The van der Waals surface area contributed by atoms with E-state index in [0.29, 0.717) is 0 Å². The predicted octanol–water partition coefficient (Wildman–Crippen LogP) is 3.46. The van der Waals surface area contributed by atoms with Gasteiger partial charge in [0.1, 0.15) is 5.82 Å². The van der Waals surface area contributed by atoms with E-state index in [9.17, 15) is 12.8 Å². The molecule has 0 aromatic heterocycles. The SMILES string of the molecule is CCCCCCC(C)NS(=O)(=O)c1ccc(F)cc1. The van der Waals surface area contributed by atoms with E-state index in [1.165, 1.54) is 18.6 Å². The van der Waals surface area contributed by atoms with Gasteiger partial charge in [-0.05, 0) is 37.6 Å². The van der Waals surface area contributed by atoms with Crippen molar-refractivity contribution in [3.63, 3.8) is 0 Å². The summed E-state index contributed by atoms with van der Waals surface area (Å²) in [5, 5.41) is 0. The molecular formula is C14H22FNO2S.